The first-order valence-electron chi connectivity index (χ1n) is 10.4. The predicted octanol–water partition coefficient (Wildman–Crippen LogP) is 2.86. The van der Waals surface area contributed by atoms with Crippen molar-refractivity contribution in [2.75, 3.05) is 6.61 Å². The largest absolute Gasteiger partial charge is 0.481 e. The maximum Gasteiger partial charge on any atom is 0.312 e. The lowest BCUT2D eigenvalue weighted by molar-refractivity contribution is -0.157. The standard InChI is InChI=1S/C24H26N4O5/c1-16(29)33-15-24(2,23(31)32)13-20(26-22(30)21-14-25-28-27-21)12-17-8-10-19(11-9-17)18-6-4-3-5-7-18/h3-11,14,20H,12-13,15H2,1-2H3,(H,26,30)(H,31,32)(H,25,27,28)/t20-,24-/m0/s1. The van der Waals surface area contributed by atoms with E-state index in [1.165, 1.54) is 20.0 Å². The van der Waals surface area contributed by atoms with Crippen LogP contribution in [0.5, 0.6) is 0 Å². The molecule has 0 spiro atoms. The highest BCUT2D eigenvalue weighted by Crippen LogP contribution is 2.27. The average Bonchev–Trinajstić information content (AvgIpc) is 3.34. The maximum atomic E-state index is 12.6. The maximum absolute atomic E-state index is 12.6. The number of aromatic nitrogens is 3. The van der Waals surface area contributed by atoms with Crippen molar-refractivity contribution in [2.24, 2.45) is 5.41 Å². The molecule has 1 amide bonds. The number of carboxylic acids is 1. The summed E-state index contributed by atoms with van der Waals surface area (Å²) in [6.45, 7) is 2.41. The molecule has 0 saturated carbocycles. The topological polar surface area (TPSA) is 134 Å². The van der Waals surface area contributed by atoms with Gasteiger partial charge in [0.05, 0.1) is 6.20 Å². The number of carbonyl (C=O) groups excluding carboxylic acids is 2. The summed E-state index contributed by atoms with van der Waals surface area (Å²) >= 11 is 0. The van der Waals surface area contributed by atoms with Crippen LogP contribution in [0.25, 0.3) is 11.1 Å². The quantitative estimate of drug-likeness (QED) is 0.404. The highest BCUT2D eigenvalue weighted by Gasteiger charge is 2.38. The molecule has 3 aromatic rings. The number of carboxylic acid groups (broad SMARTS) is 1. The normalized spacial score (nSPS) is 13.5. The summed E-state index contributed by atoms with van der Waals surface area (Å²) in [5.41, 5.74) is 1.75. The SMILES string of the molecule is CC(=O)OC[C@](C)(C[C@H](Cc1ccc(-c2ccccc2)cc1)NC(=O)c1cn[nH]n1)C(=O)O. The Balaban J connectivity index is 1.80. The van der Waals surface area contributed by atoms with E-state index in [1.807, 2.05) is 54.6 Å². The second-order valence-corrected chi connectivity index (χ2v) is 8.14. The Morgan fingerprint density at radius 3 is 2.33 bits per heavy atom. The summed E-state index contributed by atoms with van der Waals surface area (Å²) in [5.74, 6) is -2.17. The molecule has 0 aliphatic rings. The first-order chi connectivity index (χ1) is 15.8. The first-order valence-corrected chi connectivity index (χ1v) is 10.4. The molecule has 0 unspecified atom stereocenters. The Hall–Kier alpha value is -4.01. The zero-order valence-electron chi connectivity index (χ0n) is 18.4. The van der Waals surface area contributed by atoms with E-state index in [-0.39, 0.29) is 18.7 Å². The Labute approximate surface area is 191 Å². The van der Waals surface area contributed by atoms with Gasteiger partial charge in [-0.1, -0.05) is 54.6 Å². The molecule has 0 radical (unpaired) electrons. The second-order valence-electron chi connectivity index (χ2n) is 8.14. The number of hydrogen-bond acceptors (Lipinski definition) is 6. The number of aromatic amines is 1. The molecule has 1 heterocycles. The van der Waals surface area contributed by atoms with Crippen LogP contribution in [0.15, 0.2) is 60.8 Å². The number of amides is 1. The van der Waals surface area contributed by atoms with Crippen molar-refractivity contribution >= 4 is 17.8 Å². The van der Waals surface area contributed by atoms with Crippen LogP contribution in [0.1, 0.15) is 36.3 Å². The summed E-state index contributed by atoms with van der Waals surface area (Å²) in [6.07, 6.45) is 1.71. The van der Waals surface area contributed by atoms with E-state index in [2.05, 4.69) is 20.7 Å². The van der Waals surface area contributed by atoms with Crippen molar-refractivity contribution < 1.29 is 24.2 Å². The number of benzene rings is 2. The molecule has 9 heteroatoms. The van der Waals surface area contributed by atoms with Crippen molar-refractivity contribution in [1.29, 1.82) is 0 Å². The molecule has 3 rings (SSSR count). The summed E-state index contributed by atoms with van der Waals surface area (Å²) in [6, 6.07) is 17.2. The zero-order valence-corrected chi connectivity index (χ0v) is 18.4. The van der Waals surface area contributed by atoms with E-state index in [1.54, 1.807) is 0 Å². The summed E-state index contributed by atoms with van der Waals surface area (Å²) in [7, 11) is 0. The third-order valence-corrected chi connectivity index (χ3v) is 5.33. The number of hydrogen-bond donors (Lipinski definition) is 3. The Bertz CT molecular complexity index is 1080. The van der Waals surface area contributed by atoms with Gasteiger partial charge >= 0.3 is 11.9 Å². The van der Waals surface area contributed by atoms with Crippen LogP contribution < -0.4 is 5.32 Å². The number of carbonyl (C=O) groups is 3. The van der Waals surface area contributed by atoms with Crippen molar-refractivity contribution in [3.8, 4) is 11.1 Å². The number of ether oxygens (including phenoxy) is 1. The molecule has 0 bridgehead atoms. The van der Waals surface area contributed by atoms with Gasteiger partial charge in [0.15, 0.2) is 5.69 Å². The van der Waals surface area contributed by atoms with Gasteiger partial charge in [0.1, 0.15) is 12.0 Å². The van der Waals surface area contributed by atoms with Crippen LogP contribution in [0, 0.1) is 5.41 Å². The van der Waals surface area contributed by atoms with Crippen LogP contribution in [-0.2, 0) is 20.7 Å². The number of aliphatic carboxylic acids is 1. The Morgan fingerprint density at radius 2 is 1.76 bits per heavy atom. The van der Waals surface area contributed by atoms with E-state index in [0.29, 0.717) is 6.42 Å². The fourth-order valence-corrected chi connectivity index (χ4v) is 3.51. The minimum Gasteiger partial charge on any atom is -0.481 e. The van der Waals surface area contributed by atoms with E-state index in [9.17, 15) is 19.5 Å². The molecule has 172 valence electrons. The second kappa shape index (κ2) is 10.5. The predicted molar refractivity (Wildman–Crippen MR) is 120 cm³/mol. The molecular formula is C24H26N4O5. The van der Waals surface area contributed by atoms with E-state index >= 15 is 0 Å². The number of nitrogens with one attached hydrogen (secondary N) is 2. The summed E-state index contributed by atoms with van der Waals surface area (Å²) < 4.78 is 5.00. The van der Waals surface area contributed by atoms with Gasteiger partial charge < -0.3 is 15.2 Å². The number of nitrogens with zero attached hydrogens (tertiary/aromatic N) is 2. The van der Waals surface area contributed by atoms with Crippen LogP contribution in [0.4, 0.5) is 0 Å². The summed E-state index contributed by atoms with van der Waals surface area (Å²) in [4.78, 5) is 35.9. The van der Waals surface area contributed by atoms with Crippen LogP contribution in [0.2, 0.25) is 0 Å². The zero-order chi connectivity index (χ0) is 23.8. The first kappa shape index (κ1) is 23.6. The lowest BCUT2D eigenvalue weighted by atomic mass is 9.82. The molecule has 0 saturated heterocycles. The lowest BCUT2D eigenvalue weighted by Gasteiger charge is -2.29. The van der Waals surface area contributed by atoms with Crippen LogP contribution in [0.3, 0.4) is 0 Å². The molecule has 2 aromatic carbocycles. The number of H-pyrrole nitrogens is 1. The minimum atomic E-state index is -1.39. The Kier molecular flexibility index (Phi) is 7.55. The van der Waals surface area contributed by atoms with Gasteiger partial charge in [0, 0.05) is 13.0 Å². The Morgan fingerprint density at radius 1 is 1.09 bits per heavy atom. The van der Waals surface area contributed by atoms with Crippen molar-refractivity contribution in [2.45, 2.75) is 32.7 Å². The fourth-order valence-electron chi connectivity index (χ4n) is 3.51. The highest BCUT2D eigenvalue weighted by molar-refractivity contribution is 5.92. The fraction of sp³-hybridized carbons (Fsp3) is 0.292. The monoisotopic (exact) mass is 450 g/mol. The minimum absolute atomic E-state index is 0.0413. The van der Waals surface area contributed by atoms with Gasteiger partial charge in [-0.05, 0) is 36.5 Å². The van der Waals surface area contributed by atoms with Gasteiger partial charge in [-0.15, -0.1) is 0 Å². The van der Waals surface area contributed by atoms with Gasteiger partial charge in [-0.25, -0.2) is 0 Å². The highest BCUT2D eigenvalue weighted by atomic mass is 16.5. The van der Waals surface area contributed by atoms with Crippen LogP contribution >= 0.6 is 0 Å². The molecule has 1 aromatic heterocycles. The summed E-state index contributed by atoms with van der Waals surface area (Å²) in [5, 5.41) is 22.5. The van der Waals surface area contributed by atoms with Gasteiger partial charge in [-0.3, -0.25) is 14.4 Å². The van der Waals surface area contributed by atoms with E-state index < -0.39 is 29.3 Å². The molecule has 3 N–H and O–H groups in total. The third-order valence-electron chi connectivity index (χ3n) is 5.33. The van der Waals surface area contributed by atoms with Crippen molar-refractivity contribution in [3.63, 3.8) is 0 Å². The molecule has 0 fully saturated rings. The average molecular weight is 450 g/mol. The number of esters is 1. The molecule has 2 atom stereocenters. The van der Waals surface area contributed by atoms with Crippen LogP contribution in [-0.4, -0.2) is 51.0 Å². The van der Waals surface area contributed by atoms with Crippen molar-refractivity contribution in [3.05, 3.63) is 72.1 Å². The van der Waals surface area contributed by atoms with Gasteiger partial charge in [0.2, 0.25) is 0 Å². The molecule has 33 heavy (non-hydrogen) atoms. The number of rotatable bonds is 10. The van der Waals surface area contributed by atoms with E-state index in [4.69, 9.17) is 4.74 Å². The molecule has 0 aliphatic carbocycles. The van der Waals surface area contributed by atoms with E-state index in [0.717, 1.165) is 16.7 Å². The molecule has 9 nitrogen and oxygen atoms in total. The van der Waals surface area contributed by atoms with Gasteiger partial charge in [0.25, 0.3) is 5.91 Å². The molecular weight excluding hydrogens is 424 g/mol. The molecule has 0 aliphatic heterocycles. The third kappa shape index (κ3) is 6.49. The van der Waals surface area contributed by atoms with Crippen molar-refractivity contribution in [1.82, 2.24) is 20.7 Å². The lowest BCUT2D eigenvalue weighted by Crippen LogP contribution is -2.44. The van der Waals surface area contributed by atoms with Gasteiger partial charge in [-0.2, -0.15) is 15.4 Å². The smallest absolute Gasteiger partial charge is 0.312 e.